The highest BCUT2D eigenvalue weighted by Crippen LogP contribution is 2.25. The van der Waals surface area contributed by atoms with E-state index in [0.29, 0.717) is 12.0 Å². The maximum absolute atomic E-state index is 11.8. The van der Waals surface area contributed by atoms with Gasteiger partial charge in [-0.3, -0.25) is 4.79 Å². The van der Waals surface area contributed by atoms with Gasteiger partial charge in [-0.1, -0.05) is 13.3 Å². The van der Waals surface area contributed by atoms with Gasteiger partial charge in [0.1, 0.15) is 0 Å². The third-order valence-corrected chi connectivity index (χ3v) is 3.62. The van der Waals surface area contributed by atoms with Crippen LogP contribution in [0.4, 0.5) is 0 Å². The van der Waals surface area contributed by atoms with E-state index in [1.807, 2.05) is 0 Å². The van der Waals surface area contributed by atoms with E-state index >= 15 is 0 Å². The summed E-state index contributed by atoms with van der Waals surface area (Å²) in [6.07, 6.45) is 4.73. The molecule has 80 valence electrons. The van der Waals surface area contributed by atoms with Crippen LogP contribution < -0.4 is 10.6 Å². The summed E-state index contributed by atoms with van der Waals surface area (Å²) in [6.45, 7) is 4.11. The minimum Gasteiger partial charge on any atom is -0.353 e. The molecule has 3 heteroatoms. The highest BCUT2D eigenvalue weighted by Gasteiger charge is 2.28. The monoisotopic (exact) mass is 196 g/mol. The lowest BCUT2D eigenvalue weighted by Crippen LogP contribution is -2.40. The van der Waals surface area contributed by atoms with Crippen molar-refractivity contribution < 1.29 is 4.79 Å². The van der Waals surface area contributed by atoms with Crippen LogP contribution in [0.1, 0.15) is 32.6 Å². The molecule has 0 aromatic rings. The molecule has 1 saturated carbocycles. The van der Waals surface area contributed by atoms with Crippen LogP contribution in [0.25, 0.3) is 0 Å². The standard InChI is InChI=1S/C11H20N2O/c1-8-3-2-4-10(8)13-11(14)9-5-6-12-7-9/h8-10,12H,2-7H2,1H3,(H,13,14)/t8?,9-,10?/m1/s1. The molecule has 2 unspecified atom stereocenters. The van der Waals surface area contributed by atoms with Crippen molar-refractivity contribution in [3.05, 3.63) is 0 Å². The van der Waals surface area contributed by atoms with Crippen LogP contribution in [0.5, 0.6) is 0 Å². The Labute approximate surface area is 85.6 Å². The van der Waals surface area contributed by atoms with Crippen molar-refractivity contribution >= 4 is 5.91 Å². The first-order valence-electron chi connectivity index (χ1n) is 5.78. The lowest BCUT2D eigenvalue weighted by Gasteiger charge is -2.19. The summed E-state index contributed by atoms with van der Waals surface area (Å²) in [7, 11) is 0. The molecule has 1 aliphatic carbocycles. The SMILES string of the molecule is CC1CCCC1NC(=O)[C@@H]1CCNC1. The smallest absolute Gasteiger partial charge is 0.224 e. The first-order valence-corrected chi connectivity index (χ1v) is 5.78. The summed E-state index contributed by atoms with van der Waals surface area (Å²) in [5.41, 5.74) is 0. The zero-order valence-corrected chi connectivity index (χ0v) is 8.88. The van der Waals surface area contributed by atoms with Gasteiger partial charge < -0.3 is 10.6 Å². The average molecular weight is 196 g/mol. The van der Waals surface area contributed by atoms with E-state index in [1.165, 1.54) is 19.3 Å². The van der Waals surface area contributed by atoms with E-state index in [1.54, 1.807) is 0 Å². The second kappa shape index (κ2) is 4.30. The molecule has 2 N–H and O–H groups in total. The third-order valence-electron chi connectivity index (χ3n) is 3.62. The van der Waals surface area contributed by atoms with Gasteiger partial charge in [0.25, 0.3) is 0 Å². The van der Waals surface area contributed by atoms with Crippen LogP contribution in [0.3, 0.4) is 0 Å². The minimum atomic E-state index is 0.225. The highest BCUT2D eigenvalue weighted by molar-refractivity contribution is 5.79. The van der Waals surface area contributed by atoms with Crippen molar-refractivity contribution in [2.75, 3.05) is 13.1 Å². The number of hydrogen-bond acceptors (Lipinski definition) is 2. The number of carbonyl (C=O) groups excluding carboxylic acids is 1. The van der Waals surface area contributed by atoms with Crippen LogP contribution in [0.15, 0.2) is 0 Å². The molecular formula is C11H20N2O. The number of nitrogens with one attached hydrogen (secondary N) is 2. The van der Waals surface area contributed by atoms with Gasteiger partial charge in [0.15, 0.2) is 0 Å². The van der Waals surface area contributed by atoms with Gasteiger partial charge in [-0.2, -0.15) is 0 Å². The number of amides is 1. The Balaban J connectivity index is 1.81. The van der Waals surface area contributed by atoms with E-state index in [-0.39, 0.29) is 11.8 Å². The van der Waals surface area contributed by atoms with Gasteiger partial charge >= 0.3 is 0 Å². The van der Waals surface area contributed by atoms with Crippen molar-refractivity contribution in [1.82, 2.24) is 10.6 Å². The molecule has 1 saturated heterocycles. The molecule has 3 atom stereocenters. The first kappa shape index (κ1) is 9.97. The van der Waals surface area contributed by atoms with Crippen LogP contribution in [-0.4, -0.2) is 25.0 Å². The van der Waals surface area contributed by atoms with Gasteiger partial charge in [-0.15, -0.1) is 0 Å². The predicted octanol–water partition coefficient (Wildman–Crippen LogP) is 0.901. The third kappa shape index (κ3) is 2.08. The summed E-state index contributed by atoms with van der Waals surface area (Å²) < 4.78 is 0. The Morgan fingerprint density at radius 1 is 1.36 bits per heavy atom. The fourth-order valence-corrected chi connectivity index (χ4v) is 2.54. The largest absolute Gasteiger partial charge is 0.353 e. The minimum absolute atomic E-state index is 0.225. The van der Waals surface area contributed by atoms with E-state index < -0.39 is 0 Å². The predicted molar refractivity (Wildman–Crippen MR) is 55.9 cm³/mol. The molecule has 0 bridgehead atoms. The Morgan fingerprint density at radius 2 is 2.21 bits per heavy atom. The second-order valence-electron chi connectivity index (χ2n) is 4.71. The Hall–Kier alpha value is -0.570. The van der Waals surface area contributed by atoms with Crippen molar-refractivity contribution in [3.63, 3.8) is 0 Å². The zero-order valence-electron chi connectivity index (χ0n) is 8.88. The Bertz CT molecular complexity index is 211. The lowest BCUT2D eigenvalue weighted by atomic mass is 10.0. The molecular weight excluding hydrogens is 176 g/mol. The van der Waals surface area contributed by atoms with Crippen LogP contribution >= 0.6 is 0 Å². The van der Waals surface area contributed by atoms with Gasteiger partial charge in [-0.25, -0.2) is 0 Å². The molecule has 0 aromatic heterocycles. The quantitative estimate of drug-likeness (QED) is 0.689. The Kier molecular flexibility index (Phi) is 3.06. The van der Waals surface area contributed by atoms with E-state index in [2.05, 4.69) is 17.6 Å². The van der Waals surface area contributed by atoms with Crippen LogP contribution in [0, 0.1) is 11.8 Å². The zero-order chi connectivity index (χ0) is 9.97. The first-order chi connectivity index (χ1) is 6.77. The summed E-state index contributed by atoms with van der Waals surface area (Å²) in [5.74, 6) is 1.17. The normalized spacial score (nSPS) is 37.4. The summed E-state index contributed by atoms with van der Waals surface area (Å²) >= 11 is 0. The van der Waals surface area contributed by atoms with Gasteiger partial charge in [-0.05, 0) is 31.7 Å². The molecule has 0 spiro atoms. The molecule has 1 aliphatic heterocycles. The summed E-state index contributed by atoms with van der Waals surface area (Å²) in [6, 6.07) is 0.447. The van der Waals surface area contributed by atoms with E-state index in [0.717, 1.165) is 19.5 Å². The number of carbonyl (C=O) groups is 1. The fourth-order valence-electron chi connectivity index (χ4n) is 2.54. The summed E-state index contributed by atoms with van der Waals surface area (Å²) in [5, 5.41) is 6.42. The molecule has 1 amide bonds. The lowest BCUT2D eigenvalue weighted by molar-refractivity contribution is -0.125. The van der Waals surface area contributed by atoms with Crippen molar-refractivity contribution in [2.24, 2.45) is 11.8 Å². The van der Waals surface area contributed by atoms with Crippen molar-refractivity contribution in [3.8, 4) is 0 Å². The topological polar surface area (TPSA) is 41.1 Å². The molecule has 1 heterocycles. The molecule has 2 rings (SSSR count). The summed E-state index contributed by atoms with van der Waals surface area (Å²) in [4.78, 5) is 11.8. The average Bonchev–Trinajstić information content (AvgIpc) is 2.77. The van der Waals surface area contributed by atoms with Crippen LogP contribution in [0.2, 0.25) is 0 Å². The van der Waals surface area contributed by atoms with Gasteiger partial charge in [0.05, 0.1) is 5.92 Å². The van der Waals surface area contributed by atoms with E-state index in [9.17, 15) is 4.79 Å². The molecule has 0 radical (unpaired) electrons. The maximum atomic E-state index is 11.8. The van der Waals surface area contributed by atoms with Gasteiger partial charge in [0.2, 0.25) is 5.91 Å². The second-order valence-corrected chi connectivity index (χ2v) is 4.71. The van der Waals surface area contributed by atoms with E-state index in [4.69, 9.17) is 0 Å². The maximum Gasteiger partial charge on any atom is 0.224 e. The highest BCUT2D eigenvalue weighted by atomic mass is 16.2. The number of rotatable bonds is 2. The van der Waals surface area contributed by atoms with Gasteiger partial charge in [0, 0.05) is 12.6 Å². The molecule has 2 fully saturated rings. The van der Waals surface area contributed by atoms with Crippen molar-refractivity contribution in [2.45, 2.75) is 38.6 Å². The molecule has 14 heavy (non-hydrogen) atoms. The molecule has 0 aromatic carbocycles. The Morgan fingerprint density at radius 3 is 2.79 bits per heavy atom. The molecule has 3 nitrogen and oxygen atoms in total. The van der Waals surface area contributed by atoms with Crippen LogP contribution in [-0.2, 0) is 4.79 Å². The number of hydrogen-bond donors (Lipinski definition) is 2. The molecule has 2 aliphatic rings. The van der Waals surface area contributed by atoms with Crippen molar-refractivity contribution in [1.29, 1.82) is 0 Å². The fraction of sp³-hybridized carbons (Fsp3) is 0.909.